The molecule has 1 aromatic heterocycles. The summed E-state index contributed by atoms with van der Waals surface area (Å²) in [4.78, 5) is 24.4. The first-order chi connectivity index (χ1) is 15.5. The van der Waals surface area contributed by atoms with Gasteiger partial charge in [-0.05, 0) is 29.3 Å². The fraction of sp³-hybridized carbons (Fsp3) is 0.0800. The van der Waals surface area contributed by atoms with E-state index in [4.69, 9.17) is 5.73 Å². The quantitative estimate of drug-likeness (QED) is 0.436. The number of carbonyl (C=O) groups is 1. The van der Waals surface area contributed by atoms with Crippen LogP contribution in [0.3, 0.4) is 0 Å². The minimum Gasteiger partial charge on any atom is -0.325 e. The topological polar surface area (TPSA) is 101 Å². The highest BCUT2D eigenvalue weighted by atomic mass is 19.1. The summed E-state index contributed by atoms with van der Waals surface area (Å²) < 4.78 is 14.7. The number of aromatic nitrogens is 2. The lowest BCUT2D eigenvalue weighted by atomic mass is 9.85. The average molecular weight is 428 g/mol. The van der Waals surface area contributed by atoms with Gasteiger partial charge in [-0.3, -0.25) is 9.59 Å². The highest BCUT2D eigenvalue weighted by Crippen LogP contribution is 2.28. The second kappa shape index (κ2) is 9.36. The van der Waals surface area contributed by atoms with E-state index >= 15 is 0 Å². The molecule has 3 aromatic carbocycles. The monoisotopic (exact) mass is 428 g/mol. The number of anilines is 1. The second-order valence-corrected chi connectivity index (χ2v) is 7.34. The van der Waals surface area contributed by atoms with Crippen molar-refractivity contribution in [2.75, 3.05) is 5.32 Å². The third-order valence-electron chi connectivity index (χ3n) is 5.19. The molecule has 1 atom stereocenters. The molecule has 0 saturated carbocycles. The van der Waals surface area contributed by atoms with Crippen LogP contribution in [0, 0.1) is 5.82 Å². The van der Waals surface area contributed by atoms with Crippen LogP contribution in [-0.4, -0.2) is 22.1 Å². The van der Waals surface area contributed by atoms with E-state index in [1.807, 2.05) is 60.7 Å². The average Bonchev–Trinajstić information content (AvgIpc) is 2.80. The van der Waals surface area contributed by atoms with Crippen LogP contribution in [-0.2, 0) is 4.79 Å². The molecule has 7 heteroatoms. The number of rotatable bonds is 6. The van der Waals surface area contributed by atoms with Crippen LogP contribution in [0.5, 0.6) is 0 Å². The largest absolute Gasteiger partial charge is 0.325 e. The van der Waals surface area contributed by atoms with E-state index in [1.54, 1.807) is 6.07 Å². The van der Waals surface area contributed by atoms with E-state index in [9.17, 15) is 14.0 Å². The Bertz CT molecular complexity index is 1240. The second-order valence-electron chi connectivity index (χ2n) is 7.34. The summed E-state index contributed by atoms with van der Waals surface area (Å²) in [6.45, 7) is 0. The molecular formula is C25H21FN4O2. The van der Waals surface area contributed by atoms with Crippen molar-refractivity contribution in [3.63, 3.8) is 0 Å². The van der Waals surface area contributed by atoms with Gasteiger partial charge in [-0.15, -0.1) is 0 Å². The number of halogens is 1. The maximum atomic E-state index is 14.7. The zero-order valence-electron chi connectivity index (χ0n) is 17.0. The van der Waals surface area contributed by atoms with Crippen molar-refractivity contribution < 1.29 is 9.18 Å². The zero-order valence-corrected chi connectivity index (χ0v) is 17.0. The van der Waals surface area contributed by atoms with Gasteiger partial charge in [0.15, 0.2) is 0 Å². The smallest absolute Gasteiger partial charge is 0.264 e. The Morgan fingerprint density at radius 3 is 2.12 bits per heavy atom. The van der Waals surface area contributed by atoms with Gasteiger partial charge in [-0.2, -0.15) is 5.10 Å². The molecule has 0 bridgehead atoms. The summed E-state index contributed by atoms with van der Waals surface area (Å²) in [5.41, 5.74) is 8.59. The summed E-state index contributed by atoms with van der Waals surface area (Å²) in [6.07, 6.45) is 1.36. The van der Waals surface area contributed by atoms with Crippen LogP contribution in [0.4, 0.5) is 10.1 Å². The Kier molecular flexibility index (Phi) is 6.19. The third kappa shape index (κ3) is 4.63. The minimum absolute atomic E-state index is 0.206. The number of carbonyl (C=O) groups excluding carboxylic acids is 1. The van der Waals surface area contributed by atoms with E-state index in [2.05, 4.69) is 15.5 Å². The Morgan fingerprint density at radius 1 is 0.938 bits per heavy atom. The number of nitrogens with two attached hydrogens (primary N) is 1. The number of hydrogen-bond donors (Lipinski definition) is 3. The number of H-pyrrole nitrogens is 1. The molecule has 1 amide bonds. The summed E-state index contributed by atoms with van der Waals surface area (Å²) >= 11 is 0. The van der Waals surface area contributed by atoms with Gasteiger partial charge in [0.2, 0.25) is 5.91 Å². The summed E-state index contributed by atoms with van der Waals surface area (Å²) in [7, 11) is 0. The van der Waals surface area contributed by atoms with Gasteiger partial charge in [0.25, 0.3) is 5.56 Å². The Hall–Kier alpha value is -4.10. The number of nitrogens with one attached hydrogen (secondary N) is 2. The molecule has 1 unspecified atom stereocenters. The molecule has 0 radical (unpaired) electrons. The Balaban J connectivity index is 1.58. The van der Waals surface area contributed by atoms with Crippen LogP contribution in [0.1, 0.15) is 17.0 Å². The first-order valence-corrected chi connectivity index (χ1v) is 10.0. The molecule has 0 saturated heterocycles. The van der Waals surface area contributed by atoms with Crippen LogP contribution in [0.15, 0.2) is 95.9 Å². The van der Waals surface area contributed by atoms with Crippen LogP contribution >= 0.6 is 0 Å². The molecule has 0 spiro atoms. The first kappa shape index (κ1) is 21.1. The van der Waals surface area contributed by atoms with E-state index in [-0.39, 0.29) is 17.2 Å². The molecule has 0 aliphatic rings. The van der Waals surface area contributed by atoms with E-state index in [0.717, 1.165) is 11.1 Å². The molecule has 4 aromatic rings. The third-order valence-corrected chi connectivity index (χ3v) is 5.19. The SMILES string of the molecule is NC(C(=O)Nc1ccc(-c2cn[nH]c(=O)c2)c(F)c1)C(c1ccccc1)c1ccccc1. The van der Waals surface area contributed by atoms with Crippen molar-refractivity contribution in [1.82, 2.24) is 10.2 Å². The maximum Gasteiger partial charge on any atom is 0.264 e. The maximum absolute atomic E-state index is 14.7. The number of amides is 1. The lowest BCUT2D eigenvalue weighted by Crippen LogP contribution is -2.41. The van der Waals surface area contributed by atoms with Crippen molar-refractivity contribution in [2.45, 2.75) is 12.0 Å². The molecular weight excluding hydrogens is 407 g/mol. The predicted molar refractivity (Wildman–Crippen MR) is 122 cm³/mol. The predicted octanol–water partition coefficient (Wildman–Crippen LogP) is 3.67. The number of nitrogens with zero attached hydrogens (tertiary/aromatic N) is 1. The number of aromatic amines is 1. The molecule has 1 heterocycles. The Morgan fingerprint density at radius 2 is 1.56 bits per heavy atom. The van der Waals surface area contributed by atoms with Gasteiger partial charge < -0.3 is 11.1 Å². The van der Waals surface area contributed by atoms with E-state index in [0.29, 0.717) is 5.56 Å². The molecule has 4 rings (SSSR count). The highest BCUT2D eigenvalue weighted by Gasteiger charge is 2.28. The van der Waals surface area contributed by atoms with Gasteiger partial charge in [-0.1, -0.05) is 60.7 Å². The van der Waals surface area contributed by atoms with Crippen LogP contribution in [0.2, 0.25) is 0 Å². The van der Waals surface area contributed by atoms with Gasteiger partial charge in [0, 0.05) is 28.8 Å². The zero-order chi connectivity index (χ0) is 22.5. The lowest BCUT2D eigenvalue weighted by Gasteiger charge is -2.24. The Labute approximate surface area is 183 Å². The molecule has 0 aliphatic heterocycles. The summed E-state index contributed by atoms with van der Waals surface area (Å²) in [6, 6.07) is 23.7. The van der Waals surface area contributed by atoms with E-state index in [1.165, 1.54) is 24.4 Å². The standard InChI is InChI=1S/C25H21FN4O2/c26-21-14-19(11-12-20(21)18-13-22(31)30-28-15-18)29-25(32)24(27)23(16-7-3-1-4-8-16)17-9-5-2-6-10-17/h1-15,23-24H,27H2,(H,29,32)(H,30,31). The van der Waals surface area contributed by atoms with Crippen molar-refractivity contribution in [2.24, 2.45) is 5.73 Å². The van der Waals surface area contributed by atoms with Crippen molar-refractivity contribution in [3.8, 4) is 11.1 Å². The molecule has 0 fully saturated rings. The first-order valence-electron chi connectivity index (χ1n) is 10.0. The molecule has 6 nitrogen and oxygen atoms in total. The molecule has 160 valence electrons. The molecule has 0 aliphatic carbocycles. The lowest BCUT2D eigenvalue weighted by molar-refractivity contribution is -0.117. The highest BCUT2D eigenvalue weighted by molar-refractivity contribution is 5.96. The van der Waals surface area contributed by atoms with Crippen LogP contribution < -0.4 is 16.6 Å². The van der Waals surface area contributed by atoms with Crippen molar-refractivity contribution >= 4 is 11.6 Å². The van der Waals surface area contributed by atoms with Gasteiger partial charge >= 0.3 is 0 Å². The van der Waals surface area contributed by atoms with Gasteiger partial charge in [0.05, 0.1) is 12.2 Å². The van der Waals surface area contributed by atoms with Crippen molar-refractivity contribution in [1.29, 1.82) is 0 Å². The number of hydrogen-bond acceptors (Lipinski definition) is 4. The molecule has 32 heavy (non-hydrogen) atoms. The van der Waals surface area contributed by atoms with Gasteiger partial charge in [0.1, 0.15) is 5.82 Å². The van der Waals surface area contributed by atoms with Crippen LogP contribution in [0.25, 0.3) is 11.1 Å². The number of benzene rings is 3. The fourth-order valence-corrected chi connectivity index (χ4v) is 3.66. The van der Waals surface area contributed by atoms with Crippen molar-refractivity contribution in [3.05, 3.63) is 118 Å². The summed E-state index contributed by atoms with van der Waals surface area (Å²) in [5.74, 6) is -1.40. The van der Waals surface area contributed by atoms with Gasteiger partial charge in [-0.25, -0.2) is 9.49 Å². The minimum atomic E-state index is -0.903. The van der Waals surface area contributed by atoms with E-state index < -0.39 is 23.3 Å². The normalized spacial score (nSPS) is 11.8. The molecule has 4 N–H and O–H groups in total. The summed E-state index contributed by atoms with van der Waals surface area (Å²) in [5, 5.41) is 8.64. The fourth-order valence-electron chi connectivity index (χ4n) is 3.66.